The first-order valence-corrected chi connectivity index (χ1v) is 8.20. The van der Waals surface area contributed by atoms with E-state index in [1.165, 1.54) is 17.5 Å². The highest BCUT2D eigenvalue weighted by Crippen LogP contribution is 2.34. The molecule has 4 nitrogen and oxygen atoms in total. The quantitative estimate of drug-likeness (QED) is 0.755. The minimum atomic E-state index is -3.63. The van der Waals surface area contributed by atoms with E-state index >= 15 is 0 Å². The highest BCUT2D eigenvalue weighted by Gasteiger charge is 2.27. The molecule has 0 fully saturated rings. The minimum absolute atomic E-state index is 0.0573. The molecule has 0 bridgehead atoms. The molecule has 0 unspecified atom stereocenters. The lowest BCUT2D eigenvalue weighted by molar-refractivity contribution is 0.392. The summed E-state index contributed by atoms with van der Waals surface area (Å²) >= 11 is 11.8. The first-order valence-electron chi connectivity index (χ1n) is 5.84. The van der Waals surface area contributed by atoms with Gasteiger partial charge in [-0.25, -0.2) is 8.42 Å². The largest absolute Gasteiger partial charge is 0.495 e. The summed E-state index contributed by atoms with van der Waals surface area (Å²) in [5.41, 5.74) is 0.558. The SMILES string of the molecule is CCN(CC)S(=O)(=O)c1cc(Cl)cc(CCl)c1OC. The Morgan fingerprint density at radius 1 is 1.26 bits per heavy atom. The Morgan fingerprint density at radius 3 is 2.26 bits per heavy atom. The first kappa shape index (κ1) is 16.6. The van der Waals surface area contributed by atoms with Gasteiger partial charge in [-0.15, -0.1) is 11.6 Å². The van der Waals surface area contributed by atoms with Crippen LogP contribution in [0.4, 0.5) is 0 Å². The van der Waals surface area contributed by atoms with Gasteiger partial charge >= 0.3 is 0 Å². The van der Waals surface area contributed by atoms with Gasteiger partial charge < -0.3 is 4.74 Å². The second-order valence-corrected chi connectivity index (χ2v) is 6.43. The maximum Gasteiger partial charge on any atom is 0.246 e. The fourth-order valence-corrected chi connectivity index (χ4v) is 4.03. The molecular weight excluding hydrogens is 309 g/mol. The number of halogens is 2. The van der Waals surface area contributed by atoms with Crippen LogP contribution in [-0.2, 0) is 15.9 Å². The number of nitrogens with zero attached hydrogens (tertiary/aromatic N) is 1. The standard InChI is InChI=1S/C12H17Cl2NO3S/c1-4-15(5-2)19(16,17)11-7-10(14)6-9(8-13)12(11)18-3/h6-7H,4-5,8H2,1-3H3. The topological polar surface area (TPSA) is 46.6 Å². The summed E-state index contributed by atoms with van der Waals surface area (Å²) < 4.78 is 31.6. The van der Waals surface area contributed by atoms with Crippen LogP contribution in [0, 0.1) is 0 Å². The molecule has 0 spiro atoms. The van der Waals surface area contributed by atoms with Crippen LogP contribution >= 0.6 is 23.2 Å². The maximum absolute atomic E-state index is 12.5. The van der Waals surface area contributed by atoms with E-state index in [1.54, 1.807) is 19.9 Å². The Bertz CT molecular complexity index is 542. The van der Waals surface area contributed by atoms with Gasteiger partial charge in [0.2, 0.25) is 10.0 Å². The van der Waals surface area contributed by atoms with Gasteiger partial charge in [0.25, 0.3) is 0 Å². The average molecular weight is 326 g/mol. The van der Waals surface area contributed by atoms with Crippen molar-refractivity contribution in [3.63, 3.8) is 0 Å². The molecule has 7 heteroatoms. The Balaban J connectivity index is 3.53. The Hall–Kier alpha value is -0.490. The lowest BCUT2D eigenvalue weighted by Gasteiger charge is -2.21. The van der Waals surface area contributed by atoms with Crippen molar-refractivity contribution in [3.05, 3.63) is 22.7 Å². The lowest BCUT2D eigenvalue weighted by atomic mass is 10.2. The molecule has 1 rings (SSSR count). The van der Waals surface area contributed by atoms with E-state index in [0.29, 0.717) is 23.7 Å². The zero-order valence-electron chi connectivity index (χ0n) is 11.1. The Labute approximate surface area is 124 Å². The van der Waals surface area contributed by atoms with Crippen LogP contribution in [-0.4, -0.2) is 32.9 Å². The minimum Gasteiger partial charge on any atom is -0.495 e. The number of hydrogen-bond donors (Lipinski definition) is 0. The van der Waals surface area contributed by atoms with Gasteiger partial charge in [-0.05, 0) is 12.1 Å². The van der Waals surface area contributed by atoms with Crippen molar-refractivity contribution < 1.29 is 13.2 Å². The van der Waals surface area contributed by atoms with E-state index in [0.717, 1.165) is 0 Å². The van der Waals surface area contributed by atoms with Crippen LogP contribution in [0.15, 0.2) is 17.0 Å². The van der Waals surface area contributed by atoms with Gasteiger partial charge in [0.05, 0.1) is 13.0 Å². The Morgan fingerprint density at radius 2 is 1.84 bits per heavy atom. The molecule has 0 saturated carbocycles. The second kappa shape index (κ2) is 6.79. The van der Waals surface area contributed by atoms with Crippen molar-refractivity contribution in [1.82, 2.24) is 4.31 Å². The van der Waals surface area contributed by atoms with Crippen LogP contribution in [0.5, 0.6) is 5.75 Å². The summed E-state index contributed by atoms with van der Waals surface area (Å²) in [6.45, 7) is 4.32. The van der Waals surface area contributed by atoms with Gasteiger partial charge in [-0.3, -0.25) is 0 Å². The summed E-state index contributed by atoms with van der Waals surface area (Å²) in [7, 11) is -2.22. The van der Waals surface area contributed by atoms with Crippen molar-refractivity contribution in [2.24, 2.45) is 0 Å². The molecule has 0 N–H and O–H groups in total. The van der Waals surface area contributed by atoms with E-state index in [4.69, 9.17) is 27.9 Å². The normalized spacial score (nSPS) is 11.9. The van der Waals surface area contributed by atoms with Crippen LogP contribution in [0.3, 0.4) is 0 Å². The van der Waals surface area contributed by atoms with Crippen molar-refractivity contribution >= 4 is 33.2 Å². The third-order valence-electron chi connectivity index (χ3n) is 2.77. The van der Waals surface area contributed by atoms with Crippen molar-refractivity contribution in [1.29, 1.82) is 0 Å². The summed E-state index contributed by atoms with van der Waals surface area (Å²) in [5.74, 6) is 0.385. The van der Waals surface area contributed by atoms with Gasteiger partial charge in [0, 0.05) is 23.7 Å². The Kier molecular flexibility index (Phi) is 5.92. The second-order valence-electron chi connectivity index (χ2n) is 3.82. The molecule has 0 aliphatic heterocycles. The fraction of sp³-hybridized carbons (Fsp3) is 0.500. The highest BCUT2D eigenvalue weighted by molar-refractivity contribution is 7.89. The summed E-state index contributed by atoms with van der Waals surface area (Å²) in [6, 6.07) is 3.00. The fourth-order valence-electron chi connectivity index (χ4n) is 1.85. The van der Waals surface area contributed by atoms with E-state index in [9.17, 15) is 8.42 Å². The molecule has 1 aromatic carbocycles. The first-order chi connectivity index (χ1) is 8.92. The molecule has 19 heavy (non-hydrogen) atoms. The van der Waals surface area contributed by atoms with E-state index in [2.05, 4.69) is 0 Å². The number of methoxy groups -OCH3 is 1. The van der Waals surface area contributed by atoms with Crippen molar-refractivity contribution in [2.75, 3.05) is 20.2 Å². The number of rotatable bonds is 6. The van der Waals surface area contributed by atoms with E-state index in [1.807, 2.05) is 0 Å². The van der Waals surface area contributed by atoms with E-state index in [-0.39, 0.29) is 16.5 Å². The van der Waals surface area contributed by atoms with Crippen molar-refractivity contribution in [2.45, 2.75) is 24.6 Å². The third-order valence-corrected chi connectivity index (χ3v) is 5.33. The van der Waals surface area contributed by atoms with Gasteiger partial charge in [-0.2, -0.15) is 4.31 Å². The zero-order chi connectivity index (χ0) is 14.6. The number of alkyl halides is 1. The molecule has 108 valence electrons. The van der Waals surface area contributed by atoms with Crippen LogP contribution in [0.25, 0.3) is 0 Å². The summed E-state index contributed by atoms with van der Waals surface area (Å²) in [4.78, 5) is 0.0573. The predicted octanol–water partition coefficient (Wildman–Crippen LogP) is 3.12. The predicted molar refractivity (Wildman–Crippen MR) is 77.7 cm³/mol. The van der Waals surface area contributed by atoms with Gasteiger partial charge in [0.1, 0.15) is 10.6 Å². The maximum atomic E-state index is 12.5. The number of sulfonamides is 1. The molecule has 0 aromatic heterocycles. The molecule has 1 aromatic rings. The van der Waals surface area contributed by atoms with Crippen LogP contribution in [0.2, 0.25) is 5.02 Å². The van der Waals surface area contributed by atoms with Gasteiger partial charge in [-0.1, -0.05) is 25.4 Å². The molecule has 0 aliphatic carbocycles. The van der Waals surface area contributed by atoms with Crippen LogP contribution < -0.4 is 4.74 Å². The molecule has 0 saturated heterocycles. The number of hydrogen-bond acceptors (Lipinski definition) is 3. The molecule has 0 amide bonds. The van der Waals surface area contributed by atoms with E-state index < -0.39 is 10.0 Å². The number of benzene rings is 1. The zero-order valence-corrected chi connectivity index (χ0v) is 13.4. The average Bonchev–Trinajstić information content (AvgIpc) is 2.38. The third kappa shape index (κ3) is 3.34. The molecule has 0 aliphatic rings. The summed E-state index contributed by atoms with van der Waals surface area (Å²) in [5, 5.41) is 0.321. The molecular formula is C12H17Cl2NO3S. The highest BCUT2D eigenvalue weighted by atomic mass is 35.5. The number of ether oxygens (including phenoxy) is 1. The lowest BCUT2D eigenvalue weighted by Crippen LogP contribution is -2.31. The smallest absolute Gasteiger partial charge is 0.246 e. The van der Waals surface area contributed by atoms with Gasteiger partial charge in [0.15, 0.2) is 0 Å². The van der Waals surface area contributed by atoms with Crippen molar-refractivity contribution in [3.8, 4) is 5.75 Å². The summed E-state index contributed by atoms with van der Waals surface area (Å²) in [6.07, 6.45) is 0. The molecule has 0 radical (unpaired) electrons. The monoisotopic (exact) mass is 325 g/mol. The van der Waals surface area contributed by atoms with Crippen LogP contribution in [0.1, 0.15) is 19.4 Å². The molecule has 0 atom stereocenters. The molecule has 0 heterocycles.